The molecule has 1 amide bonds. The van der Waals surface area contributed by atoms with Crippen molar-refractivity contribution in [2.24, 2.45) is 23.2 Å². The lowest BCUT2D eigenvalue weighted by atomic mass is 9.50. The fourth-order valence-electron chi connectivity index (χ4n) is 7.56. The van der Waals surface area contributed by atoms with Gasteiger partial charge in [0.25, 0.3) is 5.91 Å². The van der Waals surface area contributed by atoms with Gasteiger partial charge in [-0.1, -0.05) is 46.9 Å². The van der Waals surface area contributed by atoms with Gasteiger partial charge < -0.3 is 10.1 Å². The maximum atomic E-state index is 13.3. The largest absolute Gasteiger partial charge is 0.379 e. The molecule has 200 valence electrons. The lowest BCUT2D eigenvalue weighted by Crippen LogP contribution is -2.48. The van der Waals surface area contributed by atoms with Crippen molar-refractivity contribution in [2.45, 2.75) is 45.4 Å². The monoisotopic (exact) mass is 571 g/mol. The Balaban J connectivity index is 1.15. The molecule has 4 aliphatic carbocycles. The quantitative estimate of drug-likeness (QED) is 0.281. The van der Waals surface area contributed by atoms with Gasteiger partial charge in [0.05, 0.1) is 29.6 Å². The van der Waals surface area contributed by atoms with Crippen molar-refractivity contribution in [3.63, 3.8) is 0 Å². The van der Waals surface area contributed by atoms with Crippen LogP contribution < -0.4 is 5.32 Å². The second-order valence-corrected chi connectivity index (χ2v) is 12.8. The van der Waals surface area contributed by atoms with Crippen LogP contribution in [0.25, 0.3) is 16.9 Å². The van der Waals surface area contributed by atoms with Crippen LogP contribution in [0.5, 0.6) is 0 Å². The van der Waals surface area contributed by atoms with E-state index in [-0.39, 0.29) is 5.91 Å². The van der Waals surface area contributed by atoms with Gasteiger partial charge in [-0.25, -0.2) is 4.68 Å². The number of benzene rings is 2. The van der Waals surface area contributed by atoms with E-state index in [0.29, 0.717) is 45.0 Å². The molecule has 38 heavy (non-hydrogen) atoms. The van der Waals surface area contributed by atoms with Crippen LogP contribution in [0.15, 0.2) is 42.5 Å². The first-order valence-corrected chi connectivity index (χ1v) is 14.6. The summed E-state index contributed by atoms with van der Waals surface area (Å²) in [5.41, 5.74) is 3.77. The minimum atomic E-state index is -0.236. The Labute approximate surface area is 238 Å². The van der Waals surface area contributed by atoms with Crippen molar-refractivity contribution >= 4 is 40.7 Å². The number of hydrogen-bond donors (Lipinski definition) is 1. The molecule has 5 nitrogen and oxygen atoms in total. The topological polar surface area (TPSA) is 56.1 Å². The van der Waals surface area contributed by atoms with E-state index in [4.69, 9.17) is 44.6 Å². The fourth-order valence-corrected chi connectivity index (χ4v) is 8.18. The zero-order chi connectivity index (χ0) is 26.4. The molecule has 0 atom stereocenters. The number of nitrogens with zero attached hydrogens (tertiary/aromatic N) is 2. The summed E-state index contributed by atoms with van der Waals surface area (Å²) in [6.07, 6.45) is 8.26. The average molecular weight is 573 g/mol. The van der Waals surface area contributed by atoms with Crippen molar-refractivity contribution in [2.75, 3.05) is 19.8 Å². The Morgan fingerprint density at radius 1 is 1.00 bits per heavy atom. The molecule has 4 bridgehead atoms. The summed E-state index contributed by atoms with van der Waals surface area (Å²) in [6, 6.07) is 12.7. The van der Waals surface area contributed by atoms with Gasteiger partial charge in [-0.15, -0.1) is 0 Å². The molecule has 0 aliphatic heterocycles. The number of carbonyl (C=O) groups excluding carboxylic acids is 1. The predicted molar refractivity (Wildman–Crippen MR) is 153 cm³/mol. The average Bonchev–Trinajstić information content (AvgIpc) is 3.20. The first-order chi connectivity index (χ1) is 18.3. The highest BCUT2D eigenvalue weighted by Gasteiger charge is 2.50. The fraction of sp³-hybridized carbons (Fsp3) is 0.467. The summed E-state index contributed by atoms with van der Waals surface area (Å²) in [6.45, 7) is 3.65. The highest BCUT2D eigenvalue weighted by atomic mass is 35.5. The molecule has 0 unspecified atom stereocenters. The summed E-state index contributed by atoms with van der Waals surface area (Å²) < 4.78 is 7.86. The van der Waals surface area contributed by atoms with E-state index in [1.165, 1.54) is 38.5 Å². The van der Waals surface area contributed by atoms with Gasteiger partial charge in [0.15, 0.2) is 5.69 Å². The molecule has 0 spiro atoms. The van der Waals surface area contributed by atoms with Crippen LogP contribution in [0.2, 0.25) is 15.1 Å². The Hall–Kier alpha value is -2.05. The van der Waals surface area contributed by atoms with Crippen molar-refractivity contribution in [3.8, 4) is 16.9 Å². The molecule has 8 heteroatoms. The summed E-state index contributed by atoms with van der Waals surface area (Å²) in [5.74, 6) is 2.49. The zero-order valence-corrected chi connectivity index (χ0v) is 23.8. The number of halogens is 3. The molecule has 2 aromatic carbocycles. The molecule has 4 fully saturated rings. The van der Waals surface area contributed by atoms with E-state index in [2.05, 4.69) is 5.32 Å². The Morgan fingerprint density at radius 2 is 1.63 bits per heavy atom. The Bertz CT molecular complexity index is 1320. The maximum Gasteiger partial charge on any atom is 0.272 e. The van der Waals surface area contributed by atoms with Crippen LogP contribution in [0.1, 0.15) is 54.6 Å². The number of nitrogens with one attached hydrogen (secondary N) is 1. The van der Waals surface area contributed by atoms with E-state index in [9.17, 15) is 4.79 Å². The van der Waals surface area contributed by atoms with Crippen molar-refractivity contribution in [1.82, 2.24) is 15.1 Å². The normalized spacial score (nSPS) is 25.6. The predicted octanol–water partition coefficient (Wildman–Crippen LogP) is 7.77. The molecular weight excluding hydrogens is 541 g/mol. The van der Waals surface area contributed by atoms with Gasteiger partial charge in [-0.05, 0) is 98.9 Å². The Kier molecular flexibility index (Phi) is 7.23. The second-order valence-electron chi connectivity index (χ2n) is 11.6. The molecule has 1 N–H and O–H groups in total. The first kappa shape index (κ1) is 26.2. The van der Waals surface area contributed by atoms with Crippen molar-refractivity contribution in [3.05, 3.63) is 68.8 Å². The minimum absolute atomic E-state index is 0.236. The molecule has 7 rings (SSSR count). The van der Waals surface area contributed by atoms with Gasteiger partial charge in [0.2, 0.25) is 0 Å². The Morgan fingerprint density at radius 3 is 2.26 bits per heavy atom. The van der Waals surface area contributed by atoms with Gasteiger partial charge >= 0.3 is 0 Å². The lowest BCUT2D eigenvalue weighted by molar-refractivity contribution is -0.0956. The second kappa shape index (κ2) is 10.5. The molecule has 0 saturated heterocycles. The van der Waals surface area contributed by atoms with Crippen LogP contribution in [0.4, 0.5) is 0 Å². The third kappa shape index (κ3) is 5.11. The number of amides is 1. The van der Waals surface area contributed by atoms with Gasteiger partial charge in [-0.2, -0.15) is 5.10 Å². The van der Waals surface area contributed by atoms with E-state index >= 15 is 0 Å². The molecule has 0 radical (unpaired) electrons. The van der Waals surface area contributed by atoms with Crippen molar-refractivity contribution < 1.29 is 9.53 Å². The summed E-state index contributed by atoms with van der Waals surface area (Å²) in [4.78, 5) is 13.3. The van der Waals surface area contributed by atoms with Crippen LogP contribution in [0, 0.1) is 30.1 Å². The standard InChI is InChI=1S/C30H32Cl3N3O2/c1-18-27(29(37)34-8-9-38-17-30-14-19-10-20(15-30)12-21(11-19)16-30)35-36(26-7-6-24(32)13-25(26)33)28(18)22-2-4-23(31)5-3-22/h2-7,13,19-21H,8-12,14-17H2,1H3,(H,34,37). The van der Waals surface area contributed by atoms with Gasteiger partial charge in [-0.3, -0.25) is 4.79 Å². The molecule has 1 aromatic heterocycles. The molecule has 4 aliphatic rings. The number of rotatable bonds is 8. The van der Waals surface area contributed by atoms with E-state index < -0.39 is 0 Å². The van der Waals surface area contributed by atoms with Crippen LogP contribution in [-0.4, -0.2) is 35.4 Å². The first-order valence-electron chi connectivity index (χ1n) is 13.5. The van der Waals surface area contributed by atoms with Crippen LogP contribution >= 0.6 is 34.8 Å². The van der Waals surface area contributed by atoms with Gasteiger partial charge in [0.1, 0.15) is 0 Å². The van der Waals surface area contributed by atoms with Crippen LogP contribution in [-0.2, 0) is 4.74 Å². The molecule has 4 saturated carbocycles. The summed E-state index contributed by atoms with van der Waals surface area (Å²) >= 11 is 18.8. The zero-order valence-electron chi connectivity index (χ0n) is 21.5. The minimum Gasteiger partial charge on any atom is -0.379 e. The smallest absolute Gasteiger partial charge is 0.272 e. The molecular formula is C30H32Cl3N3O2. The third-order valence-corrected chi connectivity index (χ3v) is 9.49. The number of aromatic nitrogens is 2. The molecule has 3 aromatic rings. The SMILES string of the molecule is Cc1c(C(=O)NCCOCC23CC4CC(CC(C4)C2)C3)nn(-c2ccc(Cl)cc2Cl)c1-c1ccc(Cl)cc1. The van der Waals surface area contributed by atoms with Gasteiger partial charge in [0, 0.05) is 27.7 Å². The van der Waals surface area contributed by atoms with E-state index in [0.717, 1.165) is 41.2 Å². The highest BCUT2D eigenvalue weighted by molar-refractivity contribution is 6.35. The summed E-state index contributed by atoms with van der Waals surface area (Å²) in [5, 5.41) is 9.32. The van der Waals surface area contributed by atoms with Crippen LogP contribution in [0.3, 0.4) is 0 Å². The van der Waals surface area contributed by atoms with Crippen molar-refractivity contribution in [1.29, 1.82) is 0 Å². The highest BCUT2D eigenvalue weighted by Crippen LogP contribution is 2.60. The number of ether oxygens (including phenoxy) is 1. The third-order valence-electron chi connectivity index (χ3n) is 8.70. The number of hydrogen-bond acceptors (Lipinski definition) is 3. The van der Waals surface area contributed by atoms with E-state index in [1.807, 2.05) is 31.2 Å². The maximum absolute atomic E-state index is 13.3. The summed E-state index contributed by atoms with van der Waals surface area (Å²) in [7, 11) is 0. The lowest BCUT2D eigenvalue weighted by Gasteiger charge is -2.56. The molecule has 1 heterocycles. The van der Waals surface area contributed by atoms with E-state index in [1.54, 1.807) is 22.9 Å². The number of carbonyl (C=O) groups is 1.